The van der Waals surface area contributed by atoms with Gasteiger partial charge in [0, 0.05) is 10.8 Å². The molecule has 0 fully saturated rings. The average Bonchev–Trinajstić information content (AvgIpc) is 2.46. The molecule has 2 aromatic rings. The van der Waals surface area contributed by atoms with E-state index in [1.165, 1.54) is 0 Å². The predicted molar refractivity (Wildman–Crippen MR) is 81.6 cm³/mol. The lowest BCUT2D eigenvalue weighted by Gasteiger charge is -2.10. The zero-order valence-electron chi connectivity index (χ0n) is 12.1. The van der Waals surface area contributed by atoms with Gasteiger partial charge in [-0.1, -0.05) is 13.8 Å². The van der Waals surface area contributed by atoms with Crippen molar-refractivity contribution < 1.29 is 9.47 Å². The Bertz CT molecular complexity index is 571. The molecule has 1 heterocycles. The summed E-state index contributed by atoms with van der Waals surface area (Å²) in [7, 11) is 3.28. The van der Waals surface area contributed by atoms with Crippen molar-refractivity contribution in [2.45, 2.75) is 24.1 Å². The van der Waals surface area contributed by atoms with Crippen molar-refractivity contribution in [3.05, 3.63) is 30.3 Å². The van der Waals surface area contributed by atoms with Crippen LogP contribution in [0.5, 0.6) is 11.5 Å². The molecule has 2 rings (SSSR count). The fraction of sp³-hybridized carbons (Fsp3) is 0.333. The van der Waals surface area contributed by atoms with E-state index < -0.39 is 0 Å². The van der Waals surface area contributed by atoms with Crippen LogP contribution in [-0.4, -0.2) is 29.7 Å². The molecule has 0 aliphatic rings. The van der Waals surface area contributed by atoms with Gasteiger partial charge in [-0.2, -0.15) is 0 Å². The highest BCUT2D eigenvalue weighted by molar-refractivity contribution is 7.99. The van der Waals surface area contributed by atoms with Gasteiger partial charge in [0.25, 0.3) is 0 Å². The molecule has 0 spiro atoms. The van der Waals surface area contributed by atoms with Gasteiger partial charge in [0.15, 0.2) is 0 Å². The van der Waals surface area contributed by atoms with E-state index in [2.05, 4.69) is 24.0 Å². The molecule has 106 valence electrons. The molecule has 0 aliphatic carbocycles. The highest BCUT2D eigenvalue weighted by atomic mass is 32.2. The van der Waals surface area contributed by atoms with Crippen LogP contribution >= 0.6 is 11.8 Å². The Morgan fingerprint density at radius 2 is 1.80 bits per heavy atom. The van der Waals surface area contributed by atoms with Gasteiger partial charge >= 0.3 is 0 Å². The third kappa shape index (κ3) is 3.42. The molecular formula is C15H18N2O2S. The summed E-state index contributed by atoms with van der Waals surface area (Å²) in [5, 5.41) is 9.93. The number of hydrogen-bond acceptors (Lipinski definition) is 5. The molecule has 0 amide bonds. The lowest BCUT2D eigenvalue weighted by molar-refractivity contribution is 0.404. The van der Waals surface area contributed by atoms with Gasteiger partial charge in [0.05, 0.1) is 19.9 Å². The van der Waals surface area contributed by atoms with Crippen molar-refractivity contribution in [2.24, 2.45) is 0 Å². The minimum atomic E-state index is 0.488. The highest BCUT2D eigenvalue weighted by Crippen LogP contribution is 2.32. The number of benzene rings is 1. The van der Waals surface area contributed by atoms with Gasteiger partial charge in [-0.3, -0.25) is 0 Å². The molecule has 0 radical (unpaired) electrons. The lowest BCUT2D eigenvalue weighted by Crippen LogP contribution is -1.95. The van der Waals surface area contributed by atoms with E-state index >= 15 is 0 Å². The minimum absolute atomic E-state index is 0.488. The average molecular weight is 290 g/mol. The SMILES string of the molecule is COc1ccc(OC)c(-c2ccc(SC(C)C)nn2)c1. The van der Waals surface area contributed by atoms with Crippen LogP contribution in [0.2, 0.25) is 0 Å². The van der Waals surface area contributed by atoms with Crippen LogP contribution in [0, 0.1) is 0 Å². The molecule has 0 bridgehead atoms. The zero-order chi connectivity index (χ0) is 14.5. The first-order valence-corrected chi connectivity index (χ1v) is 7.24. The van der Waals surface area contributed by atoms with Crippen molar-refractivity contribution in [1.29, 1.82) is 0 Å². The Hall–Kier alpha value is -1.75. The molecule has 5 heteroatoms. The van der Waals surface area contributed by atoms with Crippen molar-refractivity contribution in [3.8, 4) is 22.8 Å². The van der Waals surface area contributed by atoms with Crippen LogP contribution in [0.1, 0.15) is 13.8 Å². The largest absolute Gasteiger partial charge is 0.497 e. The zero-order valence-corrected chi connectivity index (χ0v) is 12.9. The van der Waals surface area contributed by atoms with Crippen LogP contribution in [0.3, 0.4) is 0 Å². The van der Waals surface area contributed by atoms with E-state index in [1.807, 2.05) is 30.3 Å². The van der Waals surface area contributed by atoms with Crippen LogP contribution in [0.4, 0.5) is 0 Å². The third-order valence-corrected chi connectivity index (χ3v) is 3.61. The van der Waals surface area contributed by atoms with Crippen LogP contribution < -0.4 is 9.47 Å². The Morgan fingerprint density at radius 1 is 1.00 bits per heavy atom. The molecule has 1 aromatic carbocycles. The molecular weight excluding hydrogens is 272 g/mol. The summed E-state index contributed by atoms with van der Waals surface area (Å²) in [6.07, 6.45) is 0. The fourth-order valence-corrected chi connectivity index (χ4v) is 2.50. The maximum atomic E-state index is 5.37. The summed E-state index contributed by atoms with van der Waals surface area (Å²) in [6, 6.07) is 9.56. The second-order valence-electron chi connectivity index (χ2n) is 4.49. The summed E-state index contributed by atoms with van der Waals surface area (Å²) < 4.78 is 10.6. The van der Waals surface area contributed by atoms with Crippen molar-refractivity contribution >= 4 is 11.8 Å². The Balaban J connectivity index is 2.35. The number of methoxy groups -OCH3 is 2. The maximum Gasteiger partial charge on any atom is 0.128 e. The number of thioether (sulfide) groups is 1. The highest BCUT2D eigenvalue weighted by Gasteiger charge is 2.10. The smallest absolute Gasteiger partial charge is 0.128 e. The number of nitrogens with zero attached hydrogens (tertiary/aromatic N) is 2. The van der Waals surface area contributed by atoms with Gasteiger partial charge in [-0.15, -0.1) is 22.0 Å². The molecule has 0 saturated carbocycles. The first-order chi connectivity index (χ1) is 9.63. The van der Waals surface area contributed by atoms with Gasteiger partial charge in [0.2, 0.25) is 0 Å². The van der Waals surface area contributed by atoms with Gasteiger partial charge in [-0.25, -0.2) is 0 Å². The van der Waals surface area contributed by atoms with Crippen LogP contribution in [0.15, 0.2) is 35.4 Å². The molecule has 1 aromatic heterocycles. The van der Waals surface area contributed by atoms with Gasteiger partial charge in [0.1, 0.15) is 16.5 Å². The van der Waals surface area contributed by atoms with Crippen molar-refractivity contribution in [3.63, 3.8) is 0 Å². The van der Waals surface area contributed by atoms with Crippen LogP contribution in [-0.2, 0) is 0 Å². The quantitative estimate of drug-likeness (QED) is 0.786. The number of hydrogen-bond donors (Lipinski definition) is 0. The Morgan fingerprint density at radius 3 is 2.35 bits per heavy atom. The molecule has 0 aliphatic heterocycles. The number of rotatable bonds is 5. The summed E-state index contributed by atoms with van der Waals surface area (Å²) in [6.45, 7) is 4.26. The van der Waals surface area contributed by atoms with Gasteiger partial charge in [-0.05, 0) is 30.3 Å². The van der Waals surface area contributed by atoms with E-state index in [1.54, 1.807) is 26.0 Å². The molecule has 0 N–H and O–H groups in total. The first kappa shape index (κ1) is 14.7. The summed E-state index contributed by atoms with van der Waals surface area (Å²) >= 11 is 1.69. The van der Waals surface area contributed by atoms with E-state index in [9.17, 15) is 0 Å². The monoisotopic (exact) mass is 290 g/mol. The van der Waals surface area contributed by atoms with E-state index in [-0.39, 0.29) is 0 Å². The molecule has 0 saturated heterocycles. The van der Waals surface area contributed by atoms with Crippen molar-refractivity contribution in [2.75, 3.05) is 14.2 Å². The van der Waals surface area contributed by atoms with E-state index in [4.69, 9.17) is 9.47 Å². The maximum absolute atomic E-state index is 5.37. The lowest BCUT2D eigenvalue weighted by atomic mass is 10.1. The third-order valence-electron chi connectivity index (χ3n) is 2.68. The van der Waals surface area contributed by atoms with Crippen LogP contribution in [0.25, 0.3) is 11.3 Å². The minimum Gasteiger partial charge on any atom is -0.497 e. The number of ether oxygens (including phenoxy) is 2. The molecule has 20 heavy (non-hydrogen) atoms. The van der Waals surface area contributed by atoms with E-state index in [0.717, 1.165) is 27.8 Å². The Labute approximate surface area is 123 Å². The molecule has 4 nitrogen and oxygen atoms in total. The summed E-state index contributed by atoms with van der Waals surface area (Å²) in [5.74, 6) is 1.52. The van der Waals surface area contributed by atoms with Gasteiger partial charge < -0.3 is 9.47 Å². The van der Waals surface area contributed by atoms with Crippen molar-refractivity contribution in [1.82, 2.24) is 10.2 Å². The van der Waals surface area contributed by atoms with E-state index in [0.29, 0.717) is 5.25 Å². The predicted octanol–water partition coefficient (Wildman–Crippen LogP) is 3.66. The standard InChI is InChI=1S/C15H18N2O2S/c1-10(2)20-15-8-6-13(16-17-15)12-9-11(18-3)5-7-14(12)19-4/h5-10H,1-4H3. The first-order valence-electron chi connectivity index (χ1n) is 6.37. The topological polar surface area (TPSA) is 44.2 Å². The number of aromatic nitrogens is 2. The second kappa shape index (κ2) is 6.61. The fourth-order valence-electron chi connectivity index (χ4n) is 1.78. The molecule has 0 unspecified atom stereocenters. The molecule has 0 atom stereocenters. The summed E-state index contributed by atoms with van der Waals surface area (Å²) in [4.78, 5) is 0. The normalized spacial score (nSPS) is 10.7. The Kier molecular flexibility index (Phi) is 4.84. The second-order valence-corrected chi connectivity index (χ2v) is 6.09. The summed E-state index contributed by atoms with van der Waals surface area (Å²) in [5.41, 5.74) is 1.65.